The highest BCUT2D eigenvalue weighted by Gasteiger charge is 2.26. The first-order chi connectivity index (χ1) is 17.1. The minimum Gasteiger partial charge on any atom is -0.370 e. The highest BCUT2D eigenvalue weighted by molar-refractivity contribution is 6.09. The van der Waals surface area contributed by atoms with Gasteiger partial charge in [0.1, 0.15) is 11.6 Å². The molecule has 176 valence electrons. The number of nitrogens with one attached hydrogen (secondary N) is 4. The Bertz CT molecular complexity index is 1450. The molecule has 1 atom stereocenters. The number of carbonyl (C=O) groups is 1. The molecule has 0 fully saturated rings. The van der Waals surface area contributed by atoms with E-state index in [0.717, 1.165) is 52.3 Å². The van der Waals surface area contributed by atoms with Crippen molar-refractivity contribution in [2.24, 2.45) is 10.9 Å². The number of aliphatic imine (C=N–C) groups is 1. The van der Waals surface area contributed by atoms with E-state index < -0.39 is 0 Å². The molecule has 0 radical (unpaired) electrons. The molecule has 4 N–H and O–H groups in total. The van der Waals surface area contributed by atoms with E-state index >= 15 is 0 Å². The van der Waals surface area contributed by atoms with Gasteiger partial charge in [0, 0.05) is 48.4 Å². The Morgan fingerprint density at radius 3 is 3.00 bits per heavy atom. The number of rotatable bonds is 3. The van der Waals surface area contributed by atoms with Crippen LogP contribution >= 0.6 is 0 Å². The molecule has 9 heteroatoms. The number of hydrogen-bond acceptors (Lipinski definition) is 5. The van der Waals surface area contributed by atoms with Crippen LogP contribution in [0.5, 0.6) is 0 Å². The number of H-pyrrole nitrogens is 2. The number of pyridine rings is 1. The van der Waals surface area contributed by atoms with E-state index in [9.17, 15) is 4.79 Å². The predicted molar refractivity (Wildman–Crippen MR) is 138 cm³/mol. The molecular formula is C26H26N8O. The van der Waals surface area contributed by atoms with Crippen LogP contribution in [-0.2, 0) is 0 Å². The summed E-state index contributed by atoms with van der Waals surface area (Å²) in [6.45, 7) is 4.20. The summed E-state index contributed by atoms with van der Waals surface area (Å²) >= 11 is 0. The molecule has 3 aromatic heterocycles. The molecule has 2 aliphatic heterocycles. The molecule has 2 amide bonds. The number of amides is 2. The summed E-state index contributed by atoms with van der Waals surface area (Å²) in [5.41, 5.74) is 6.36. The molecule has 4 aromatic rings. The Hall–Kier alpha value is -4.40. The van der Waals surface area contributed by atoms with Gasteiger partial charge in [-0.2, -0.15) is 5.10 Å². The maximum absolute atomic E-state index is 12.6. The topological polar surface area (TPSA) is 114 Å². The molecule has 6 rings (SSSR count). The van der Waals surface area contributed by atoms with Gasteiger partial charge in [0.05, 0.1) is 23.1 Å². The SMILES string of the molecule is C[C@@H]1CNc2[nH]c(C3=CCN(C(=O)Nc4ccccn4)CC3)cc2C1=Nc1ccc2[nH]ncc2c1. The van der Waals surface area contributed by atoms with Crippen LogP contribution in [0.2, 0.25) is 0 Å². The lowest BCUT2D eigenvalue weighted by Gasteiger charge is -2.26. The average molecular weight is 467 g/mol. The highest BCUT2D eigenvalue weighted by atomic mass is 16.2. The fourth-order valence-corrected chi connectivity index (χ4v) is 4.62. The molecule has 35 heavy (non-hydrogen) atoms. The molecule has 9 nitrogen and oxygen atoms in total. The third-order valence-corrected chi connectivity index (χ3v) is 6.56. The zero-order valence-corrected chi connectivity index (χ0v) is 19.4. The first-order valence-corrected chi connectivity index (χ1v) is 11.8. The Balaban J connectivity index is 1.22. The van der Waals surface area contributed by atoms with Gasteiger partial charge < -0.3 is 15.2 Å². The van der Waals surface area contributed by atoms with Crippen molar-refractivity contribution in [3.05, 3.63) is 72.2 Å². The monoisotopic (exact) mass is 466 g/mol. The van der Waals surface area contributed by atoms with Gasteiger partial charge >= 0.3 is 6.03 Å². The van der Waals surface area contributed by atoms with E-state index in [1.165, 1.54) is 5.57 Å². The Kier molecular flexibility index (Phi) is 5.29. The molecule has 0 saturated carbocycles. The number of aromatic nitrogens is 4. The summed E-state index contributed by atoms with van der Waals surface area (Å²) in [6.07, 6.45) is 6.37. The molecule has 0 bridgehead atoms. The van der Waals surface area contributed by atoms with Crippen molar-refractivity contribution in [2.45, 2.75) is 13.3 Å². The quantitative estimate of drug-likeness (QED) is 0.348. The molecule has 0 unspecified atom stereocenters. The largest absolute Gasteiger partial charge is 0.370 e. The smallest absolute Gasteiger partial charge is 0.323 e. The molecule has 1 aromatic carbocycles. The average Bonchev–Trinajstić information content (AvgIpc) is 3.53. The van der Waals surface area contributed by atoms with Crippen LogP contribution in [0.15, 0.2) is 65.9 Å². The second-order valence-corrected chi connectivity index (χ2v) is 8.96. The number of benzene rings is 1. The first kappa shape index (κ1) is 21.2. The lowest BCUT2D eigenvalue weighted by molar-refractivity contribution is 0.217. The maximum Gasteiger partial charge on any atom is 0.323 e. The molecule has 0 saturated heterocycles. The van der Waals surface area contributed by atoms with Gasteiger partial charge in [-0.3, -0.25) is 15.4 Å². The molecule has 5 heterocycles. The number of carbonyl (C=O) groups excluding carboxylic acids is 1. The predicted octanol–water partition coefficient (Wildman–Crippen LogP) is 4.79. The Morgan fingerprint density at radius 2 is 2.17 bits per heavy atom. The van der Waals surface area contributed by atoms with E-state index in [2.05, 4.69) is 55.9 Å². The number of urea groups is 1. The lowest BCUT2D eigenvalue weighted by atomic mass is 9.95. The highest BCUT2D eigenvalue weighted by Crippen LogP contribution is 2.32. The first-order valence-electron chi connectivity index (χ1n) is 11.8. The van der Waals surface area contributed by atoms with E-state index in [4.69, 9.17) is 4.99 Å². The van der Waals surface area contributed by atoms with Gasteiger partial charge in [-0.05, 0) is 48.4 Å². The van der Waals surface area contributed by atoms with E-state index in [1.54, 1.807) is 17.2 Å². The number of nitrogens with zero attached hydrogens (tertiary/aromatic N) is 4. The summed E-state index contributed by atoms with van der Waals surface area (Å²) < 4.78 is 0. The normalized spacial score (nSPS) is 18.8. The minimum atomic E-state index is -0.135. The van der Waals surface area contributed by atoms with Crippen molar-refractivity contribution in [3.8, 4) is 0 Å². The number of aromatic amines is 2. The van der Waals surface area contributed by atoms with Gasteiger partial charge in [-0.1, -0.05) is 19.1 Å². The summed E-state index contributed by atoms with van der Waals surface area (Å²) in [5, 5.41) is 14.5. The molecule has 0 aliphatic carbocycles. The summed E-state index contributed by atoms with van der Waals surface area (Å²) in [4.78, 5) is 27.1. The number of hydrogen-bond donors (Lipinski definition) is 4. The van der Waals surface area contributed by atoms with Crippen molar-refractivity contribution in [3.63, 3.8) is 0 Å². The van der Waals surface area contributed by atoms with Gasteiger partial charge in [-0.25, -0.2) is 9.78 Å². The van der Waals surface area contributed by atoms with E-state index in [-0.39, 0.29) is 11.9 Å². The number of fused-ring (bicyclic) bond motifs is 2. The lowest BCUT2D eigenvalue weighted by Crippen LogP contribution is -2.38. The fourth-order valence-electron chi connectivity index (χ4n) is 4.62. The second kappa shape index (κ2) is 8.75. The van der Waals surface area contributed by atoms with Crippen LogP contribution < -0.4 is 10.6 Å². The number of anilines is 2. The summed E-state index contributed by atoms with van der Waals surface area (Å²) in [7, 11) is 0. The third-order valence-electron chi connectivity index (χ3n) is 6.56. The van der Waals surface area contributed by atoms with Crippen LogP contribution in [-0.4, -0.2) is 56.4 Å². The van der Waals surface area contributed by atoms with Gasteiger partial charge in [0.25, 0.3) is 0 Å². The summed E-state index contributed by atoms with van der Waals surface area (Å²) in [6, 6.07) is 13.6. The van der Waals surface area contributed by atoms with Crippen molar-refractivity contribution in [1.82, 2.24) is 25.1 Å². The van der Waals surface area contributed by atoms with E-state index in [1.807, 2.05) is 30.5 Å². The molecule has 2 aliphatic rings. The zero-order chi connectivity index (χ0) is 23.8. The maximum atomic E-state index is 12.6. The molecule has 0 spiro atoms. The Morgan fingerprint density at radius 1 is 1.23 bits per heavy atom. The van der Waals surface area contributed by atoms with Gasteiger partial charge in [-0.15, -0.1) is 0 Å². The fraction of sp³-hybridized carbons (Fsp3) is 0.231. The standard InChI is InChI=1S/C26H26N8O/c1-16-14-28-25-20(24(16)30-19-5-6-21-18(12-19)15-29-33-21)13-22(31-25)17-7-10-34(11-8-17)26(35)32-23-4-2-3-9-27-23/h2-7,9,12-13,15-16,28,31H,8,10-11,14H2,1H3,(H,29,33)(H,27,32,35)/t16-/m1/s1. The summed E-state index contributed by atoms with van der Waals surface area (Å²) in [5.74, 6) is 1.83. The van der Waals surface area contributed by atoms with Crippen molar-refractivity contribution >= 4 is 45.5 Å². The van der Waals surface area contributed by atoms with E-state index in [0.29, 0.717) is 18.9 Å². The van der Waals surface area contributed by atoms with Crippen LogP contribution in [0.4, 0.5) is 22.1 Å². The van der Waals surface area contributed by atoms with Crippen molar-refractivity contribution in [1.29, 1.82) is 0 Å². The van der Waals surface area contributed by atoms with Crippen molar-refractivity contribution in [2.75, 3.05) is 30.3 Å². The second-order valence-electron chi connectivity index (χ2n) is 8.96. The molecular weight excluding hydrogens is 440 g/mol. The zero-order valence-electron chi connectivity index (χ0n) is 19.4. The van der Waals surface area contributed by atoms with Gasteiger partial charge in [0.2, 0.25) is 0 Å². The van der Waals surface area contributed by atoms with Crippen LogP contribution in [0.1, 0.15) is 24.6 Å². The Labute approximate surface area is 202 Å². The van der Waals surface area contributed by atoms with Crippen molar-refractivity contribution < 1.29 is 4.79 Å². The minimum absolute atomic E-state index is 0.135. The van der Waals surface area contributed by atoms with Gasteiger partial charge in [0.15, 0.2) is 0 Å². The van der Waals surface area contributed by atoms with Crippen LogP contribution in [0, 0.1) is 5.92 Å². The van der Waals surface area contributed by atoms with Crippen LogP contribution in [0.25, 0.3) is 16.5 Å². The van der Waals surface area contributed by atoms with Crippen LogP contribution in [0.3, 0.4) is 0 Å². The third kappa shape index (κ3) is 4.16.